The summed E-state index contributed by atoms with van der Waals surface area (Å²) in [5.41, 5.74) is 1.69. The average Bonchev–Trinajstić information content (AvgIpc) is 2.80. The Morgan fingerprint density at radius 1 is 1.19 bits per heavy atom. The normalized spacial score (nSPS) is 15.7. The molecule has 2 amide bonds. The molecule has 9 heteroatoms. The molecule has 0 atom stereocenters. The van der Waals surface area contributed by atoms with Gasteiger partial charge in [-0.15, -0.1) is 0 Å². The highest BCUT2D eigenvalue weighted by atomic mass is 79.9. The van der Waals surface area contributed by atoms with Crippen LogP contribution in [-0.4, -0.2) is 67.0 Å². The molecule has 1 aliphatic heterocycles. The SMILES string of the molecule is CCOC(=O)N1CCN(OC)CCN1C(=O)Cc1c(Cl)cc(C)cc1Br. The summed E-state index contributed by atoms with van der Waals surface area (Å²) in [6, 6.07) is 3.72. The first-order chi connectivity index (χ1) is 12.4. The van der Waals surface area contributed by atoms with E-state index in [9.17, 15) is 9.59 Å². The molecule has 0 spiro atoms. The van der Waals surface area contributed by atoms with E-state index in [1.165, 1.54) is 10.0 Å². The molecule has 7 nitrogen and oxygen atoms in total. The highest BCUT2D eigenvalue weighted by Gasteiger charge is 2.31. The highest BCUT2D eigenvalue weighted by Crippen LogP contribution is 2.28. The van der Waals surface area contributed by atoms with E-state index in [0.717, 1.165) is 10.0 Å². The van der Waals surface area contributed by atoms with Gasteiger partial charge in [0.05, 0.1) is 33.2 Å². The fourth-order valence-electron chi connectivity index (χ4n) is 2.74. The van der Waals surface area contributed by atoms with Gasteiger partial charge in [-0.1, -0.05) is 27.5 Å². The van der Waals surface area contributed by atoms with Crippen LogP contribution in [0, 0.1) is 6.92 Å². The van der Waals surface area contributed by atoms with Crippen molar-refractivity contribution < 1.29 is 19.2 Å². The van der Waals surface area contributed by atoms with E-state index in [2.05, 4.69) is 15.9 Å². The molecule has 1 saturated heterocycles. The van der Waals surface area contributed by atoms with Crippen LogP contribution in [0.1, 0.15) is 18.1 Å². The summed E-state index contributed by atoms with van der Waals surface area (Å²) in [6.45, 7) is 5.47. The number of ether oxygens (including phenoxy) is 1. The highest BCUT2D eigenvalue weighted by molar-refractivity contribution is 9.10. The topological polar surface area (TPSA) is 62.3 Å². The molecule has 144 valence electrons. The maximum Gasteiger partial charge on any atom is 0.428 e. The van der Waals surface area contributed by atoms with Gasteiger partial charge in [-0.3, -0.25) is 4.79 Å². The Morgan fingerprint density at radius 2 is 1.85 bits per heavy atom. The second-order valence-electron chi connectivity index (χ2n) is 5.83. The summed E-state index contributed by atoms with van der Waals surface area (Å²) < 4.78 is 5.87. The van der Waals surface area contributed by atoms with Crippen LogP contribution in [0.4, 0.5) is 4.79 Å². The van der Waals surface area contributed by atoms with E-state index in [0.29, 0.717) is 36.8 Å². The largest absolute Gasteiger partial charge is 0.448 e. The van der Waals surface area contributed by atoms with Crippen molar-refractivity contribution in [1.82, 2.24) is 15.1 Å². The maximum absolute atomic E-state index is 13.0. The molecule has 0 saturated carbocycles. The Balaban J connectivity index is 2.23. The van der Waals surface area contributed by atoms with E-state index in [-0.39, 0.29) is 18.9 Å². The summed E-state index contributed by atoms with van der Waals surface area (Å²) in [4.78, 5) is 30.5. The number of hydroxylamine groups is 2. The number of carbonyl (C=O) groups is 2. The second-order valence-corrected chi connectivity index (χ2v) is 7.10. The molecule has 1 heterocycles. The second kappa shape index (κ2) is 9.55. The molecule has 26 heavy (non-hydrogen) atoms. The number of aryl methyl sites for hydroxylation is 1. The van der Waals surface area contributed by atoms with Crippen molar-refractivity contribution in [3.05, 3.63) is 32.8 Å². The van der Waals surface area contributed by atoms with Crippen molar-refractivity contribution in [3.8, 4) is 0 Å². The Labute approximate surface area is 166 Å². The van der Waals surface area contributed by atoms with E-state index in [1.54, 1.807) is 19.1 Å². The third-order valence-corrected chi connectivity index (χ3v) is 5.10. The van der Waals surface area contributed by atoms with Crippen LogP contribution in [0.25, 0.3) is 0 Å². The molecule has 0 aromatic heterocycles. The Bertz CT molecular complexity index is 650. The summed E-state index contributed by atoms with van der Waals surface area (Å²) in [6.07, 6.45) is -0.476. The Morgan fingerprint density at radius 3 is 2.42 bits per heavy atom. The van der Waals surface area contributed by atoms with Gasteiger partial charge < -0.3 is 9.57 Å². The minimum absolute atomic E-state index is 0.0720. The van der Waals surface area contributed by atoms with Gasteiger partial charge in [0.25, 0.3) is 0 Å². The molecule has 2 rings (SSSR count). The first kappa shape index (κ1) is 21.0. The van der Waals surface area contributed by atoms with Crippen molar-refractivity contribution in [2.75, 3.05) is 39.9 Å². The van der Waals surface area contributed by atoms with Crippen LogP contribution in [0.3, 0.4) is 0 Å². The molecular formula is C17H23BrClN3O4. The zero-order chi connectivity index (χ0) is 19.3. The predicted molar refractivity (Wildman–Crippen MR) is 102 cm³/mol. The van der Waals surface area contributed by atoms with Gasteiger partial charge in [0, 0.05) is 22.6 Å². The summed E-state index contributed by atoms with van der Waals surface area (Å²) in [5, 5.41) is 4.97. The minimum atomic E-state index is -0.548. The third-order valence-electron chi connectivity index (χ3n) is 4.05. The van der Waals surface area contributed by atoms with Crippen molar-refractivity contribution in [2.24, 2.45) is 0 Å². The van der Waals surface area contributed by atoms with Gasteiger partial charge in [0.15, 0.2) is 0 Å². The number of nitrogens with zero attached hydrogens (tertiary/aromatic N) is 3. The predicted octanol–water partition coefficient (Wildman–Crippen LogP) is 3.03. The van der Waals surface area contributed by atoms with Gasteiger partial charge >= 0.3 is 6.09 Å². The Hall–Kier alpha value is -1.35. The number of halogens is 2. The van der Waals surface area contributed by atoms with Crippen LogP contribution in [0.15, 0.2) is 16.6 Å². The summed E-state index contributed by atoms with van der Waals surface area (Å²) in [5.74, 6) is -0.234. The lowest BCUT2D eigenvalue weighted by molar-refractivity contribution is -0.145. The molecule has 1 aromatic carbocycles. The van der Waals surface area contributed by atoms with Gasteiger partial charge in [0.1, 0.15) is 0 Å². The number of benzene rings is 1. The monoisotopic (exact) mass is 447 g/mol. The number of rotatable bonds is 4. The van der Waals surface area contributed by atoms with Gasteiger partial charge in [0.2, 0.25) is 5.91 Å². The number of hydrazine groups is 1. The smallest absolute Gasteiger partial charge is 0.428 e. The van der Waals surface area contributed by atoms with Crippen molar-refractivity contribution >= 4 is 39.5 Å². The maximum atomic E-state index is 13.0. The standard InChI is InChI=1S/C17H23BrClN3O4/c1-4-26-17(24)22-8-6-20(25-3)5-7-21(22)16(23)11-13-14(18)9-12(2)10-15(13)19/h9-10H,4-8,11H2,1-3H3. The third kappa shape index (κ3) is 5.09. The lowest BCUT2D eigenvalue weighted by atomic mass is 10.1. The van der Waals surface area contributed by atoms with E-state index in [4.69, 9.17) is 21.2 Å². The van der Waals surface area contributed by atoms with Gasteiger partial charge in [-0.2, -0.15) is 5.06 Å². The summed E-state index contributed by atoms with van der Waals surface area (Å²) >= 11 is 9.78. The lowest BCUT2D eigenvalue weighted by Gasteiger charge is -2.32. The number of hydrogen-bond donors (Lipinski definition) is 0. The van der Waals surface area contributed by atoms with Crippen molar-refractivity contribution in [1.29, 1.82) is 0 Å². The van der Waals surface area contributed by atoms with E-state index >= 15 is 0 Å². The fraction of sp³-hybridized carbons (Fsp3) is 0.529. The molecule has 0 aliphatic carbocycles. The summed E-state index contributed by atoms with van der Waals surface area (Å²) in [7, 11) is 1.56. The van der Waals surface area contributed by atoms with Crippen molar-refractivity contribution in [2.45, 2.75) is 20.3 Å². The quantitative estimate of drug-likeness (QED) is 0.708. The number of hydrogen-bond acceptors (Lipinski definition) is 5. The molecule has 1 aliphatic rings. The van der Waals surface area contributed by atoms with Crippen LogP contribution in [0.2, 0.25) is 5.02 Å². The van der Waals surface area contributed by atoms with Gasteiger partial charge in [-0.25, -0.2) is 14.8 Å². The van der Waals surface area contributed by atoms with Gasteiger partial charge in [-0.05, 0) is 37.1 Å². The molecule has 0 unspecified atom stereocenters. The van der Waals surface area contributed by atoms with E-state index in [1.807, 2.05) is 19.1 Å². The van der Waals surface area contributed by atoms with Crippen molar-refractivity contribution in [3.63, 3.8) is 0 Å². The molecule has 1 fully saturated rings. The zero-order valence-corrected chi connectivity index (χ0v) is 17.5. The van der Waals surface area contributed by atoms with E-state index < -0.39 is 6.09 Å². The fourth-order valence-corrected chi connectivity index (χ4v) is 3.91. The minimum Gasteiger partial charge on any atom is -0.448 e. The molecule has 1 aromatic rings. The van der Waals surface area contributed by atoms with Crippen LogP contribution >= 0.6 is 27.5 Å². The number of amides is 2. The first-order valence-electron chi connectivity index (χ1n) is 8.35. The first-order valence-corrected chi connectivity index (χ1v) is 9.52. The molecule has 0 bridgehead atoms. The van der Waals surface area contributed by atoms with Crippen LogP contribution < -0.4 is 0 Å². The molecular weight excluding hydrogens is 426 g/mol. The van der Waals surface area contributed by atoms with Crippen LogP contribution in [0.5, 0.6) is 0 Å². The zero-order valence-electron chi connectivity index (χ0n) is 15.1. The Kier molecular flexibility index (Phi) is 7.69. The number of carbonyl (C=O) groups excluding carboxylic acids is 2. The lowest BCUT2D eigenvalue weighted by Crippen LogP contribution is -2.51. The molecule has 0 radical (unpaired) electrons. The van der Waals surface area contributed by atoms with Crippen LogP contribution in [-0.2, 0) is 20.8 Å². The average molecular weight is 449 g/mol. The molecule has 0 N–H and O–H groups in total.